The lowest BCUT2D eigenvalue weighted by Crippen LogP contribution is -2.56. The van der Waals surface area contributed by atoms with Gasteiger partial charge in [-0.2, -0.15) is 0 Å². The largest absolute Gasteiger partial charge is 0.445 e. The normalized spacial score (nSPS) is 24.0. The maximum Gasteiger partial charge on any atom is 0.410 e. The van der Waals surface area contributed by atoms with Gasteiger partial charge in [0, 0.05) is 0 Å². The van der Waals surface area contributed by atoms with Gasteiger partial charge in [0.2, 0.25) is 0 Å². The van der Waals surface area contributed by atoms with E-state index >= 15 is 0 Å². The fourth-order valence-corrected chi connectivity index (χ4v) is 3.96. The van der Waals surface area contributed by atoms with E-state index in [2.05, 4.69) is 33.9 Å². The number of likely N-dealkylation sites (tertiary alicyclic amines) is 1. The predicted molar refractivity (Wildman–Crippen MR) is 110 cm³/mol. The number of rotatable bonds is 5. The van der Waals surface area contributed by atoms with Crippen LogP contribution in [-0.2, 0) is 15.8 Å². The summed E-state index contributed by atoms with van der Waals surface area (Å²) in [5.74, 6) is 0. The fourth-order valence-electron chi connectivity index (χ4n) is 2.92. The van der Waals surface area contributed by atoms with Crippen molar-refractivity contribution in [2.45, 2.75) is 76.9 Å². The van der Waals surface area contributed by atoms with E-state index in [1.165, 1.54) is 0 Å². The molecule has 5 nitrogen and oxygen atoms in total. The maximum atomic E-state index is 12.7. The quantitative estimate of drug-likeness (QED) is 0.745. The van der Waals surface area contributed by atoms with Crippen LogP contribution in [0.1, 0.15) is 46.1 Å². The molecule has 2 atom stereocenters. The zero-order valence-electron chi connectivity index (χ0n) is 17.6. The van der Waals surface area contributed by atoms with Gasteiger partial charge in [0.1, 0.15) is 6.61 Å². The van der Waals surface area contributed by atoms with Gasteiger partial charge < -0.3 is 19.2 Å². The van der Waals surface area contributed by atoms with Gasteiger partial charge in [0.25, 0.3) is 0 Å². The van der Waals surface area contributed by atoms with E-state index < -0.39 is 13.9 Å². The van der Waals surface area contributed by atoms with Crippen molar-refractivity contribution in [3.8, 4) is 0 Å². The maximum absolute atomic E-state index is 12.7. The van der Waals surface area contributed by atoms with Gasteiger partial charge in [-0.05, 0) is 43.5 Å². The third kappa shape index (κ3) is 6.06. The predicted octanol–water partition coefficient (Wildman–Crippen LogP) is 4.56. The Morgan fingerprint density at radius 3 is 2.52 bits per heavy atom. The third-order valence-corrected chi connectivity index (χ3v) is 10.4. The molecule has 1 aliphatic rings. The lowest BCUT2D eigenvalue weighted by molar-refractivity contribution is -0.0458. The molecule has 6 heteroatoms. The lowest BCUT2D eigenvalue weighted by atomic mass is 9.91. The molecule has 0 saturated carbocycles. The Morgan fingerprint density at radius 1 is 1.30 bits per heavy atom. The summed E-state index contributed by atoms with van der Waals surface area (Å²) in [5, 5.41) is 10.6. The van der Waals surface area contributed by atoms with E-state index in [9.17, 15) is 9.90 Å². The number of carbonyl (C=O) groups is 1. The lowest BCUT2D eigenvalue weighted by Gasteiger charge is -2.44. The molecule has 0 radical (unpaired) electrons. The van der Waals surface area contributed by atoms with Crippen molar-refractivity contribution in [1.29, 1.82) is 0 Å². The molecule has 0 aromatic heterocycles. The summed E-state index contributed by atoms with van der Waals surface area (Å²) in [6.07, 6.45) is 0.978. The molecule has 1 amide bonds. The second-order valence-corrected chi connectivity index (χ2v) is 14.2. The average Bonchev–Trinajstić information content (AvgIpc) is 2.58. The summed E-state index contributed by atoms with van der Waals surface area (Å²) >= 11 is 0. The van der Waals surface area contributed by atoms with Crippen LogP contribution in [0.5, 0.6) is 0 Å². The highest BCUT2D eigenvalue weighted by molar-refractivity contribution is 6.74. The van der Waals surface area contributed by atoms with Gasteiger partial charge in [-0.15, -0.1) is 0 Å². The van der Waals surface area contributed by atoms with E-state index in [1.54, 1.807) is 11.8 Å². The minimum Gasteiger partial charge on any atom is -0.445 e. The molecule has 0 aliphatic carbocycles. The summed E-state index contributed by atoms with van der Waals surface area (Å²) < 4.78 is 11.9. The minimum absolute atomic E-state index is 0.0670. The first-order valence-corrected chi connectivity index (χ1v) is 12.7. The summed E-state index contributed by atoms with van der Waals surface area (Å²) in [6.45, 7) is 13.8. The Kier molecular flexibility index (Phi) is 6.76. The van der Waals surface area contributed by atoms with Crippen molar-refractivity contribution >= 4 is 14.4 Å². The van der Waals surface area contributed by atoms with Gasteiger partial charge >= 0.3 is 6.09 Å². The number of piperidine rings is 1. The number of hydrogen-bond acceptors (Lipinski definition) is 4. The molecule has 0 spiro atoms. The molecule has 1 aliphatic heterocycles. The molecule has 1 N–H and O–H groups in total. The Labute approximate surface area is 164 Å². The highest BCUT2D eigenvalue weighted by atomic mass is 28.4. The smallest absolute Gasteiger partial charge is 0.410 e. The first kappa shape index (κ1) is 21.9. The number of carbonyl (C=O) groups excluding carboxylic acids is 1. The van der Waals surface area contributed by atoms with Crippen LogP contribution < -0.4 is 0 Å². The number of aliphatic hydroxyl groups is 1. The van der Waals surface area contributed by atoms with Crippen LogP contribution in [-0.4, -0.2) is 49.2 Å². The van der Waals surface area contributed by atoms with Crippen molar-refractivity contribution < 1.29 is 19.1 Å². The van der Waals surface area contributed by atoms with E-state index in [4.69, 9.17) is 9.16 Å². The minimum atomic E-state index is -1.90. The standard InChI is InChI=1S/C21H35NO4Si/c1-20(2,3)27(5,6)26-15-18-12-13-21(4,24)16-22(18)19(23)25-14-17-10-8-7-9-11-17/h7-11,18,24H,12-16H2,1-6H3/t18-,21+/m0/s1. The number of β-amino-alcohol motifs (C(OH)–C–C–N with tert-alkyl or cyclic N) is 1. The number of benzene rings is 1. The second-order valence-electron chi connectivity index (χ2n) is 9.43. The molecule has 1 aromatic rings. The monoisotopic (exact) mass is 393 g/mol. The van der Waals surface area contributed by atoms with Crippen LogP contribution in [0.15, 0.2) is 30.3 Å². The third-order valence-electron chi connectivity index (χ3n) is 5.85. The van der Waals surface area contributed by atoms with Gasteiger partial charge in [-0.25, -0.2) is 4.79 Å². The first-order chi connectivity index (χ1) is 12.4. The van der Waals surface area contributed by atoms with E-state index in [0.717, 1.165) is 5.56 Å². The Balaban J connectivity index is 2.02. The molecule has 1 aromatic carbocycles. The van der Waals surface area contributed by atoms with Gasteiger partial charge in [-0.1, -0.05) is 51.1 Å². The van der Waals surface area contributed by atoms with Gasteiger partial charge in [0.05, 0.1) is 24.8 Å². The molecule has 1 heterocycles. The number of nitrogens with zero attached hydrogens (tertiary/aromatic N) is 1. The zero-order chi connectivity index (χ0) is 20.3. The molecule has 2 rings (SSSR count). The van der Waals surface area contributed by atoms with Crippen LogP contribution in [0, 0.1) is 0 Å². The van der Waals surface area contributed by atoms with E-state index in [-0.39, 0.29) is 30.3 Å². The average molecular weight is 394 g/mol. The topological polar surface area (TPSA) is 59.0 Å². The highest BCUT2D eigenvalue weighted by Gasteiger charge is 2.41. The molecular weight excluding hydrogens is 358 g/mol. The molecule has 27 heavy (non-hydrogen) atoms. The first-order valence-electron chi connectivity index (χ1n) is 9.75. The van der Waals surface area contributed by atoms with Crippen LogP contribution in [0.25, 0.3) is 0 Å². The summed E-state index contributed by atoms with van der Waals surface area (Å²) in [5.41, 5.74) is 0.0582. The number of amides is 1. The van der Waals surface area contributed by atoms with Gasteiger partial charge in [0.15, 0.2) is 8.32 Å². The van der Waals surface area contributed by atoms with Crippen molar-refractivity contribution in [2.24, 2.45) is 0 Å². The van der Waals surface area contributed by atoms with Crippen LogP contribution in [0.4, 0.5) is 4.79 Å². The molecule has 0 unspecified atom stereocenters. The van der Waals surface area contributed by atoms with Crippen molar-refractivity contribution in [1.82, 2.24) is 4.90 Å². The molecule has 1 saturated heterocycles. The SMILES string of the molecule is CC(C)(C)[Si](C)(C)OC[C@@H]1CC[C@@](C)(O)CN1C(=O)OCc1ccccc1. The summed E-state index contributed by atoms with van der Waals surface area (Å²) in [6, 6.07) is 9.56. The summed E-state index contributed by atoms with van der Waals surface area (Å²) in [7, 11) is -1.90. The van der Waals surface area contributed by atoms with Crippen LogP contribution >= 0.6 is 0 Å². The molecule has 1 fully saturated rings. The Hall–Kier alpha value is -1.37. The fraction of sp³-hybridized carbons (Fsp3) is 0.667. The van der Waals surface area contributed by atoms with E-state index in [1.807, 2.05) is 30.3 Å². The van der Waals surface area contributed by atoms with Crippen molar-refractivity contribution in [3.63, 3.8) is 0 Å². The highest BCUT2D eigenvalue weighted by Crippen LogP contribution is 2.37. The Bertz CT molecular complexity index is 625. The van der Waals surface area contributed by atoms with Crippen LogP contribution in [0.3, 0.4) is 0 Å². The van der Waals surface area contributed by atoms with Crippen molar-refractivity contribution in [2.75, 3.05) is 13.2 Å². The second kappa shape index (κ2) is 8.33. The zero-order valence-corrected chi connectivity index (χ0v) is 18.6. The molecular formula is C21H35NO4Si. The van der Waals surface area contributed by atoms with E-state index in [0.29, 0.717) is 19.4 Å². The molecule has 152 valence electrons. The number of hydrogen-bond donors (Lipinski definition) is 1. The molecule has 0 bridgehead atoms. The number of ether oxygens (including phenoxy) is 1. The Morgan fingerprint density at radius 2 is 1.93 bits per heavy atom. The van der Waals surface area contributed by atoms with Gasteiger partial charge in [-0.3, -0.25) is 0 Å². The van der Waals surface area contributed by atoms with Crippen LogP contribution in [0.2, 0.25) is 18.1 Å². The summed E-state index contributed by atoms with van der Waals surface area (Å²) in [4.78, 5) is 14.4. The van der Waals surface area contributed by atoms with Crippen molar-refractivity contribution in [3.05, 3.63) is 35.9 Å².